The average Bonchev–Trinajstić information content (AvgIpc) is 3.26. The third kappa shape index (κ3) is 4.53. The van der Waals surface area contributed by atoms with E-state index in [4.69, 9.17) is 9.47 Å². The highest BCUT2D eigenvalue weighted by molar-refractivity contribution is 6.04. The summed E-state index contributed by atoms with van der Waals surface area (Å²) in [5.41, 5.74) is 4.18. The fourth-order valence-electron chi connectivity index (χ4n) is 4.51. The Morgan fingerprint density at radius 2 is 2.09 bits per heavy atom. The zero-order valence-corrected chi connectivity index (χ0v) is 18.7. The molecule has 7 nitrogen and oxygen atoms in total. The molecule has 0 saturated carbocycles. The standard InChI is InChI=1S/C25H29N3O4/c1-4-32-24(30)23-19(15-31-14-16-7-9-27-12-16)28-18-10-25(2,3)11-20(29)22(18)21(23)17-6-5-8-26-13-17/h5-9,12-13,21,27-28H,4,10-11,14-15H2,1-3H3. The van der Waals surface area contributed by atoms with Gasteiger partial charge in [0.2, 0.25) is 0 Å². The maximum absolute atomic E-state index is 13.3. The largest absolute Gasteiger partial charge is 0.463 e. The summed E-state index contributed by atoms with van der Waals surface area (Å²) >= 11 is 0. The Kier molecular flexibility index (Phi) is 6.28. The Bertz CT molecular complexity index is 1050. The first-order valence-electron chi connectivity index (χ1n) is 10.9. The summed E-state index contributed by atoms with van der Waals surface area (Å²) < 4.78 is 11.4. The molecule has 0 fully saturated rings. The van der Waals surface area contributed by atoms with Crippen molar-refractivity contribution in [3.63, 3.8) is 0 Å². The molecular weight excluding hydrogens is 406 g/mol. The molecule has 0 radical (unpaired) electrons. The van der Waals surface area contributed by atoms with E-state index in [1.54, 1.807) is 19.3 Å². The molecule has 32 heavy (non-hydrogen) atoms. The quantitative estimate of drug-likeness (QED) is 0.643. The Balaban J connectivity index is 1.77. The summed E-state index contributed by atoms with van der Waals surface area (Å²) in [6, 6.07) is 5.66. The minimum atomic E-state index is -0.534. The van der Waals surface area contributed by atoms with Gasteiger partial charge in [-0.25, -0.2) is 4.79 Å². The molecule has 168 valence electrons. The van der Waals surface area contributed by atoms with Gasteiger partial charge < -0.3 is 19.8 Å². The summed E-state index contributed by atoms with van der Waals surface area (Å²) in [6.45, 7) is 6.78. The number of rotatable bonds is 7. The monoisotopic (exact) mass is 435 g/mol. The minimum absolute atomic E-state index is 0.0479. The van der Waals surface area contributed by atoms with Crippen molar-refractivity contribution < 1.29 is 19.1 Å². The Hall–Kier alpha value is -3.19. The summed E-state index contributed by atoms with van der Waals surface area (Å²) in [5.74, 6) is -0.932. The molecule has 1 aliphatic heterocycles. The predicted molar refractivity (Wildman–Crippen MR) is 119 cm³/mol. The predicted octanol–water partition coefficient (Wildman–Crippen LogP) is 3.77. The number of ketones is 1. The summed E-state index contributed by atoms with van der Waals surface area (Å²) in [5, 5.41) is 3.40. The maximum Gasteiger partial charge on any atom is 0.336 e. The molecule has 1 atom stereocenters. The number of carbonyl (C=O) groups excluding carboxylic acids is 2. The maximum atomic E-state index is 13.3. The van der Waals surface area contributed by atoms with Gasteiger partial charge in [0, 0.05) is 48.4 Å². The van der Waals surface area contributed by atoms with E-state index in [0.717, 1.165) is 16.8 Å². The molecule has 7 heteroatoms. The van der Waals surface area contributed by atoms with E-state index in [9.17, 15) is 9.59 Å². The smallest absolute Gasteiger partial charge is 0.336 e. The molecule has 3 heterocycles. The van der Waals surface area contributed by atoms with Crippen LogP contribution in [0.3, 0.4) is 0 Å². The van der Waals surface area contributed by atoms with Gasteiger partial charge in [-0.3, -0.25) is 9.78 Å². The average molecular weight is 436 g/mol. The number of pyridine rings is 1. The molecule has 2 aromatic heterocycles. The van der Waals surface area contributed by atoms with Crippen molar-refractivity contribution in [2.24, 2.45) is 5.41 Å². The van der Waals surface area contributed by atoms with Gasteiger partial charge in [-0.2, -0.15) is 0 Å². The van der Waals surface area contributed by atoms with E-state index in [-0.39, 0.29) is 24.4 Å². The number of hydrogen-bond donors (Lipinski definition) is 2. The van der Waals surface area contributed by atoms with E-state index < -0.39 is 11.9 Å². The number of nitrogens with one attached hydrogen (secondary N) is 2. The second kappa shape index (κ2) is 9.12. The van der Waals surface area contributed by atoms with Gasteiger partial charge in [0.15, 0.2) is 5.78 Å². The molecule has 2 aromatic rings. The lowest BCUT2D eigenvalue weighted by Crippen LogP contribution is -2.40. The van der Waals surface area contributed by atoms with Crippen LogP contribution in [0.15, 0.2) is 65.5 Å². The normalized spacial score (nSPS) is 20.1. The van der Waals surface area contributed by atoms with Crippen LogP contribution >= 0.6 is 0 Å². The Morgan fingerprint density at radius 3 is 2.78 bits per heavy atom. The van der Waals surface area contributed by atoms with Gasteiger partial charge in [-0.15, -0.1) is 0 Å². The summed E-state index contributed by atoms with van der Waals surface area (Å²) in [4.78, 5) is 33.7. The molecule has 0 aromatic carbocycles. The van der Waals surface area contributed by atoms with Crippen molar-refractivity contribution >= 4 is 11.8 Å². The van der Waals surface area contributed by atoms with Gasteiger partial charge >= 0.3 is 5.97 Å². The van der Waals surface area contributed by atoms with E-state index in [2.05, 4.69) is 29.1 Å². The highest BCUT2D eigenvalue weighted by Crippen LogP contribution is 2.46. The van der Waals surface area contributed by atoms with Crippen molar-refractivity contribution in [3.05, 3.63) is 76.7 Å². The summed E-state index contributed by atoms with van der Waals surface area (Å²) in [6.07, 6.45) is 8.25. The number of dihydropyridines is 1. The van der Waals surface area contributed by atoms with Crippen LogP contribution in [0.4, 0.5) is 0 Å². The van der Waals surface area contributed by atoms with Gasteiger partial charge in [0.1, 0.15) is 0 Å². The van der Waals surface area contributed by atoms with Crippen LogP contribution in [0.5, 0.6) is 0 Å². The van der Waals surface area contributed by atoms with Crippen LogP contribution in [-0.4, -0.2) is 34.9 Å². The first kappa shape index (κ1) is 22.0. The van der Waals surface area contributed by atoms with Crippen LogP contribution in [0.1, 0.15) is 50.7 Å². The second-order valence-electron chi connectivity index (χ2n) is 9.00. The van der Waals surface area contributed by atoms with Gasteiger partial charge in [-0.1, -0.05) is 19.9 Å². The Morgan fingerprint density at radius 1 is 1.25 bits per heavy atom. The van der Waals surface area contributed by atoms with Gasteiger partial charge in [-0.05, 0) is 42.0 Å². The van der Waals surface area contributed by atoms with Crippen molar-refractivity contribution in [2.75, 3.05) is 13.2 Å². The van der Waals surface area contributed by atoms with E-state index in [1.165, 1.54) is 0 Å². The van der Waals surface area contributed by atoms with Gasteiger partial charge in [0.05, 0.1) is 31.1 Å². The number of carbonyl (C=O) groups is 2. The molecular formula is C25H29N3O4. The SMILES string of the molecule is CCOC(=O)C1=C(COCc2cc[nH]c2)NC2=C(C(=O)CC(C)(C)C2)C1c1cccnc1. The van der Waals surface area contributed by atoms with Crippen LogP contribution < -0.4 is 5.32 Å². The van der Waals surface area contributed by atoms with Crippen LogP contribution in [0.25, 0.3) is 0 Å². The molecule has 4 rings (SSSR count). The number of allylic oxidation sites excluding steroid dienone is 2. The van der Waals surface area contributed by atoms with Crippen LogP contribution in [0, 0.1) is 5.41 Å². The first-order valence-corrected chi connectivity index (χ1v) is 10.9. The fourth-order valence-corrected chi connectivity index (χ4v) is 4.51. The highest BCUT2D eigenvalue weighted by atomic mass is 16.5. The van der Waals surface area contributed by atoms with Crippen LogP contribution in [-0.2, 0) is 25.7 Å². The molecule has 0 spiro atoms. The van der Waals surface area contributed by atoms with E-state index in [1.807, 2.05) is 30.6 Å². The molecule has 2 N–H and O–H groups in total. The number of Topliss-reactive ketones (excluding diaryl/α,β-unsaturated/α-hetero) is 1. The zero-order valence-electron chi connectivity index (χ0n) is 18.7. The van der Waals surface area contributed by atoms with Crippen molar-refractivity contribution in [3.8, 4) is 0 Å². The number of H-pyrrole nitrogens is 1. The van der Waals surface area contributed by atoms with Crippen molar-refractivity contribution in [1.29, 1.82) is 0 Å². The number of hydrogen-bond acceptors (Lipinski definition) is 6. The molecule has 2 aliphatic rings. The topological polar surface area (TPSA) is 93.3 Å². The van der Waals surface area contributed by atoms with E-state index >= 15 is 0 Å². The Labute approximate surface area is 187 Å². The third-order valence-corrected chi connectivity index (χ3v) is 5.81. The number of nitrogens with zero attached hydrogens (tertiary/aromatic N) is 1. The number of ether oxygens (including phenoxy) is 2. The van der Waals surface area contributed by atoms with E-state index in [0.29, 0.717) is 36.3 Å². The molecule has 1 aliphatic carbocycles. The molecule has 1 unspecified atom stereocenters. The molecule has 0 saturated heterocycles. The lowest BCUT2D eigenvalue weighted by Gasteiger charge is -2.39. The number of esters is 1. The molecule has 0 bridgehead atoms. The molecule has 0 amide bonds. The van der Waals surface area contributed by atoms with Crippen molar-refractivity contribution in [1.82, 2.24) is 15.3 Å². The third-order valence-electron chi connectivity index (χ3n) is 5.81. The zero-order chi connectivity index (χ0) is 22.7. The lowest BCUT2D eigenvalue weighted by atomic mass is 9.69. The number of aromatic nitrogens is 2. The highest BCUT2D eigenvalue weighted by Gasteiger charge is 2.43. The first-order chi connectivity index (χ1) is 15.4. The fraction of sp³-hybridized carbons (Fsp3) is 0.400. The number of aromatic amines is 1. The van der Waals surface area contributed by atoms with Gasteiger partial charge in [0.25, 0.3) is 0 Å². The summed E-state index contributed by atoms with van der Waals surface area (Å²) in [7, 11) is 0. The van der Waals surface area contributed by atoms with Crippen molar-refractivity contribution in [2.45, 2.75) is 46.1 Å². The minimum Gasteiger partial charge on any atom is -0.463 e. The van der Waals surface area contributed by atoms with Crippen LogP contribution in [0.2, 0.25) is 0 Å². The lowest BCUT2D eigenvalue weighted by molar-refractivity contribution is -0.139. The second-order valence-corrected chi connectivity index (χ2v) is 9.00.